The summed E-state index contributed by atoms with van der Waals surface area (Å²) in [6, 6.07) is 15.6. The topological polar surface area (TPSA) is 26.3 Å². The molecule has 0 aliphatic carbocycles. The Balaban J connectivity index is 2.10. The van der Waals surface area contributed by atoms with Crippen LogP contribution in [0.5, 0.6) is 5.75 Å². The van der Waals surface area contributed by atoms with Crippen molar-refractivity contribution in [2.24, 2.45) is 0 Å². The van der Waals surface area contributed by atoms with Crippen LogP contribution in [0, 0.1) is 0 Å². The van der Waals surface area contributed by atoms with Gasteiger partial charge in [0.15, 0.2) is 5.78 Å². The van der Waals surface area contributed by atoms with Crippen LogP contribution in [-0.2, 0) is 6.42 Å². The van der Waals surface area contributed by atoms with Crippen molar-refractivity contribution in [2.75, 3.05) is 6.61 Å². The fourth-order valence-electron chi connectivity index (χ4n) is 2.04. The summed E-state index contributed by atoms with van der Waals surface area (Å²) >= 11 is 3.40. The van der Waals surface area contributed by atoms with Crippen LogP contribution in [0.1, 0.15) is 29.3 Å². The van der Waals surface area contributed by atoms with Crippen molar-refractivity contribution >= 4 is 21.7 Å². The van der Waals surface area contributed by atoms with Gasteiger partial charge in [0.05, 0.1) is 12.2 Å². The molecule has 0 radical (unpaired) electrons. The van der Waals surface area contributed by atoms with Crippen LogP contribution in [0.25, 0.3) is 0 Å². The molecule has 0 saturated carbocycles. The van der Waals surface area contributed by atoms with Crippen LogP contribution in [0.4, 0.5) is 0 Å². The van der Waals surface area contributed by atoms with Gasteiger partial charge in [0.25, 0.3) is 0 Å². The molecule has 2 aromatic rings. The minimum atomic E-state index is 0.110. The third kappa shape index (κ3) is 3.94. The highest BCUT2D eigenvalue weighted by Crippen LogP contribution is 2.25. The zero-order chi connectivity index (χ0) is 14.4. The molecule has 0 aliphatic heterocycles. The van der Waals surface area contributed by atoms with E-state index < -0.39 is 0 Å². The Morgan fingerprint density at radius 3 is 2.60 bits per heavy atom. The minimum absolute atomic E-state index is 0.110. The molecule has 0 amide bonds. The molecule has 2 nitrogen and oxygen atoms in total. The predicted octanol–water partition coefficient (Wildman–Crippen LogP) is 4.66. The zero-order valence-electron chi connectivity index (χ0n) is 11.4. The molecule has 0 atom stereocenters. The Labute approximate surface area is 127 Å². The number of carbonyl (C=O) groups is 1. The molecule has 0 aromatic heterocycles. The summed E-state index contributed by atoms with van der Waals surface area (Å²) in [4.78, 5) is 12.4. The number of ether oxygens (including phenoxy) is 1. The van der Waals surface area contributed by atoms with E-state index in [1.54, 1.807) is 0 Å². The SMILES string of the molecule is CCOc1ccc(Br)cc1C(=O)CCc1ccccc1. The number of carbonyl (C=O) groups excluding carboxylic acids is 1. The normalized spacial score (nSPS) is 10.3. The number of hydrogen-bond acceptors (Lipinski definition) is 2. The number of hydrogen-bond donors (Lipinski definition) is 0. The molecule has 0 N–H and O–H groups in total. The Kier molecular flexibility index (Phi) is 5.36. The third-order valence-corrected chi connectivity index (χ3v) is 3.52. The summed E-state index contributed by atoms with van der Waals surface area (Å²) in [6.07, 6.45) is 1.23. The minimum Gasteiger partial charge on any atom is -0.493 e. The van der Waals surface area contributed by atoms with Gasteiger partial charge in [-0.25, -0.2) is 0 Å². The van der Waals surface area contributed by atoms with Crippen LogP contribution < -0.4 is 4.74 Å². The number of ketones is 1. The molecule has 0 unspecified atom stereocenters. The van der Waals surface area contributed by atoms with Crippen molar-refractivity contribution in [3.05, 3.63) is 64.1 Å². The Bertz CT molecular complexity index is 579. The lowest BCUT2D eigenvalue weighted by atomic mass is 10.0. The van der Waals surface area contributed by atoms with E-state index in [-0.39, 0.29) is 5.78 Å². The fraction of sp³-hybridized carbons (Fsp3) is 0.235. The number of aryl methyl sites for hydroxylation is 1. The molecular weight excluding hydrogens is 316 g/mol. The molecule has 0 saturated heterocycles. The maximum atomic E-state index is 12.4. The van der Waals surface area contributed by atoms with Gasteiger partial charge in [0, 0.05) is 10.9 Å². The van der Waals surface area contributed by atoms with Crippen LogP contribution >= 0.6 is 15.9 Å². The van der Waals surface area contributed by atoms with Gasteiger partial charge in [-0.1, -0.05) is 46.3 Å². The lowest BCUT2D eigenvalue weighted by Gasteiger charge is -2.10. The number of Topliss-reactive ketones (excluding diaryl/α,β-unsaturated/α-hetero) is 1. The summed E-state index contributed by atoms with van der Waals surface area (Å²) in [7, 11) is 0. The first-order valence-electron chi connectivity index (χ1n) is 6.70. The number of halogens is 1. The smallest absolute Gasteiger partial charge is 0.166 e. The Morgan fingerprint density at radius 2 is 1.90 bits per heavy atom. The van der Waals surface area contributed by atoms with E-state index in [1.807, 2.05) is 55.5 Å². The quantitative estimate of drug-likeness (QED) is 0.719. The maximum absolute atomic E-state index is 12.4. The molecule has 2 aromatic carbocycles. The largest absolute Gasteiger partial charge is 0.493 e. The van der Waals surface area contributed by atoms with Gasteiger partial charge in [-0.2, -0.15) is 0 Å². The van der Waals surface area contributed by atoms with Gasteiger partial charge < -0.3 is 4.74 Å². The summed E-state index contributed by atoms with van der Waals surface area (Å²) in [5.41, 5.74) is 1.82. The molecule has 2 rings (SSSR count). The summed E-state index contributed by atoms with van der Waals surface area (Å²) < 4.78 is 6.42. The summed E-state index contributed by atoms with van der Waals surface area (Å²) in [5, 5.41) is 0. The average molecular weight is 333 g/mol. The monoisotopic (exact) mass is 332 g/mol. The van der Waals surface area contributed by atoms with Gasteiger partial charge in [-0.15, -0.1) is 0 Å². The average Bonchev–Trinajstić information content (AvgIpc) is 2.48. The zero-order valence-corrected chi connectivity index (χ0v) is 13.0. The molecule has 0 bridgehead atoms. The fourth-order valence-corrected chi connectivity index (χ4v) is 2.40. The number of rotatable bonds is 6. The molecule has 0 heterocycles. The third-order valence-electron chi connectivity index (χ3n) is 3.03. The first kappa shape index (κ1) is 14.8. The summed E-state index contributed by atoms with van der Waals surface area (Å²) in [5.74, 6) is 0.771. The Morgan fingerprint density at radius 1 is 1.15 bits per heavy atom. The van der Waals surface area contributed by atoms with Crippen molar-refractivity contribution in [3.63, 3.8) is 0 Å². The summed E-state index contributed by atoms with van der Waals surface area (Å²) in [6.45, 7) is 2.47. The molecule has 3 heteroatoms. The second kappa shape index (κ2) is 7.25. The van der Waals surface area contributed by atoms with Crippen molar-refractivity contribution in [1.82, 2.24) is 0 Å². The van der Waals surface area contributed by atoms with Crippen molar-refractivity contribution in [3.8, 4) is 5.75 Å². The van der Waals surface area contributed by atoms with Gasteiger partial charge in [-0.3, -0.25) is 4.79 Å². The van der Waals surface area contributed by atoms with Crippen molar-refractivity contribution in [2.45, 2.75) is 19.8 Å². The second-order valence-corrected chi connectivity index (χ2v) is 5.40. The Hall–Kier alpha value is -1.61. The van der Waals surface area contributed by atoms with Crippen LogP contribution in [0.15, 0.2) is 53.0 Å². The van der Waals surface area contributed by atoms with Crippen LogP contribution in [0.2, 0.25) is 0 Å². The van der Waals surface area contributed by atoms with E-state index in [2.05, 4.69) is 15.9 Å². The first-order chi connectivity index (χ1) is 9.70. The molecule has 0 fully saturated rings. The van der Waals surface area contributed by atoms with Gasteiger partial charge >= 0.3 is 0 Å². The van der Waals surface area contributed by atoms with Crippen molar-refractivity contribution in [1.29, 1.82) is 0 Å². The first-order valence-corrected chi connectivity index (χ1v) is 7.49. The predicted molar refractivity (Wildman–Crippen MR) is 84.4 cm³/mol. The van der Waals surface area contributed by atoms with E-state index in [0.29, 0.717) is 24.3 Å². The van der Waals surface area contributed by atoms with Gasteiger partial charge in [0.1, 0.15) is 5.75 Å². The standard InChI is InChI=1S/C17H17BrO2/c1-2-20-17-11-9-14(18)12-15(17)16(19)10-8-13-6-4-3-5-7-13/h3-7,9,11-12H,2,8,10H2,1H3. The van der Waals surface area contributed by atoms with Crippen LogP contribution in [-0.4, -0.2) is 12.4 Å². The van der Waals surface area contributed by atoms with E-state index in [0.717, 1.165) is 10.9 Å². The highest BCUT2D eigenvalue weighted by atomic mass is 79.9. The molecule has 20 heavy (non-hydrogen) atoms. The highest BCUT2D eigenvalue weighted by molar-refractivity contribution is 9.10. The molecule has 0 aliphatic rings. The maximum Gasteiger partial charge on any atom is 0.166 e. The highest BCUT2D eigenvalue weighted by Gasteiger charge is 2.13. The van der Waals surface area contributed by atoms with Crippen molar-refractivity contribution < 1.29 is 9.53 Å². The second-order valence-electron chi connectivity index (χ2n) is 4.48. The molecule has 0 spiro atoms. The van der Waals surface area contributed by atoms with E-state index in [1.165, 1.54) is 5.56 Å². The van der Waals surface area contributed by atoms with Gasteiger partial charge in [0.2, 0.25) is 0 Å². The molecular formula is C17H17BrO2. The number of benzene rings is 2. The molecule has 104 valence electrons. The van der Waals surface area contributed by atoms with Gasteiger partial charge in [-0.05, 0) is 37.1 Å². The van der Waals surface area contributed by atoms with E-state index in [4.69, 9.17) is 4.74 Å². The van der Waals surface area contributed by atoms with Crippen LogP contribution in [0.3, 0.4) is 0 Å². The van der Waals surface area contributed by atoms with E-state index >= 15 is 0 Å². The van der Waals surface area contributed by atoms with E-state index in [9.17, 15) is 4.79 Å². The lowest BCUT2D eigenvalue weighted by Crippen LogP contribution is -2.05. The lowest BCUT2D eigenvalue weighted by molar-refractivity contribution is 0.0979.